The molecule has 2 fully saturated rings. The number of aromatic nitrogens is 5. The summed E-state index contributed by atoms with van der Waals surface area (Å²) in [6, 6.07) is 7.84. The van der Waals surface area contributed by atoms with E-state index < -0.39 is 0 Å². The van der Waals surface area contributed by atoms with Crippen LogP contribution in [0.15, 0.2) is 36.7 Å². The Kier molecular flexibility index (Phi) is 4.05. The lowest BCUT2D eigenvalue weighted by atomic mass is 9.95. The van der Waals surface area contributed by atoms with Crippen molar-refractivity contribution in [2.24, 2.45) is 0 Å². The summed E-state index contributed by atoms with van der Waals surface area (Å²) in [6.07, 6.45) is 6.40. The highest BCUT2D eigenvalue weighted by molar-refractivity contribution is 5.83. The van der Waals surface area contributed by atoms with Crippen molar-refractivity contribution in [3.8, 4) is 11.3 Å². The third kappa shape index (κ3) is 2.95. The van der Waals surface area contributed by atoms with Gasteiger partial charge in [-0.15, -0.1) is 10.2 Å². The van der Waals surface area contributed by atoms with Crippen LogP contribution in [0.3, 0.4) is 0 Å². The van der Waals surface area contributed by atoms with Gasteiger partial charge in [0.15, 0.2) is 11.5 Å². The minimum atomic E-state index is 0.0383. The van der Waals surface area contributed by atoms with E-state index in [-0.39, 0.29) is 11.9 Å². The van der Waals surface area contributed by atoms with Crippen LogP contribution >= 0.6 is 0 Å². The van der Waals surface area contributed by atoms with Crippen molar-refractivity contribution in [1.29, 1.82) is 0 Å². The predicted molar refractivity (Wildman–Crippen MR) is 99.0 cm³/mol. The lowest BCUT2D eigenvalue weighted by Gasteiger charge is -2.33. The van der Waals surface area contributed by atoms with Gasteiger partial charge < -0.3 is 5.32 Å². The van der Waals surface area contributed by atoms with Crippen molar-refractivity contribution in [2.45, 2.75) is 31.2 Å². The van der Waals surface area contributed by atoms with E-state index in [2.05, 4.69) is 25.4 Å². The Morgan fingerprint density at radius 3 is 2.70 bits per heavy atom. The second-order valence-corrected chi connectivity index (χ2v) is 7.19. The molecule has 0 bridgehead atoms. The summed E-state index contributed by atoms with van der Waals surface area (Å²) < 4.78 is 1.87. The van der Waals surface area contributed by atoms with Crippen molar-refractivity contribution >= 4 is 11.6 Å². The van der Waals surface area contributed by atoms with Gasteiger partial charge >= 0.3 is 0 Å². The zero-order valence-electron chi connectivity index (χ0n) is 15.0. The first-order chi connectivity index (χ1) is 13.3. The van der Waals surface area contributed by atoms with E-state index in [0.29, 0.717) is 5.92 Å². The van der Waals surface area contributed by atoms with Crippen LogP contribution in [0.1, 0.15) is 31.0 Å². The van der Waals surface area contributed by atoms with Gasteiger partial charge in [-0.05, 0) is 56.6 Å². The maximum absolute atomic E-state index is 11.9. The molecule has 5 heterocycles. The normalized spacial score (nSPS) is 21.6. The fourth-order valence-electron chi connectivity index (χ4n) is 4.13. The summed E-state index contributed by atoms with van der Waals surface area (Å²) in [5.41, 5.74) is 2.59. The summed E-state index contributed by atoms with van der Waals surface area (Å²) in [5.74, 6) is 1.38. The highest BCUT2D eigenvalue weighted by atomic mass is 16.2. The molecule has 0 aromatic carbocycles. The van der Waals surface area contributed by atoms with Crippen molar-refractivity contribution in [3.63, 3.8) is 0 Å². The molecule has 0 spiro atoms. The molecular weight excluding hydrogens is 342 g/mol. The molecular formula is C19H21N7O. The van der Waals surface area contributed by atoms with Gasteiger partial charge in [-0.25, -0.2) is 0 Å². The minimum absolute atomic E-state index is 0.0383. The predicted octanol–water partition coefficient (Wildman–Crippen LogP) is 1.25. The first-order valence-electron chi connectivity index (χ1n) is 9.44. The molecule has 1 N–H and O–H groups in total. The van der Waals surface area contributed by atoms with E-state index in [9.17, 15) is 4.79 Å². The van der Waals surface area contributed by atoms with Gasteiger partial charge in [-0.1, -0.05) is 0 Å². The van der Waals surface area contributed by atoms with Crippen LogP contribution in [0.4, 0.5) is 0 Å². The van der Waals surface area contributed by atoms with Crippen LogP contribution in [0.2, 0.25) is 0 Å². The Balaban J connectivity index is 1.38. The molecule has 0 aliphatic carbocycles. The fraction of sp³-hybridized carbons (Fsp3) is 0.421. The van der Waals surface area contributed by atoms with Gasteiger partial charge in [-0.3, -0.25) is 14.7 Å². The smallest absolute Gasteiger partial charge is 0.237 e. The summed E-state index contributed by atoms with van der Waals surface area (Å²) in [4.78, 5) is 18.4. The highest BCUT2D eigenvalue weighted by Crippen LogP contribution is 2.29. The lowest BCUT2D eigenvalue weighted by molar-refractivity contribution is -0.124. The number of fused-ring (bicyclic) bond motifs is 1. The van der Waals surface area contributed by atoms with Gasteiger partial charge in [0.05, 0.1) is 11.7 Å². The number of pyridine rings is 1. The SMILES string of the molecule is O=C1NCCC1N1CCC(c2nnc3ccc(-c4cccnc4)nn23)CC1. The third-order valence-electron chi connectivity index (χ3n) is 5.60. The molecule has 3 aromatic rings. The summed E-state index contributed by atoms with van der Waals surface area (Å²) in [6.45, 7) is 2.60. The Morgan fingerprint density at radius 2 is 1.96 bits per heavy atom. The fourth-order valence-corrected chi connectivity index (χ4v) is 4.13. The molecule has 138 valence electrons. The molecule has 8 heteroatoms. The average Bonchev–Trinajstić information content (AvgIpc) is 3.34. The highest BCUT2D eigenvalue weighted by Gasteiger charge is 2.34. The van der Waals surface area contributed by atoms with Gasteiger partial charge in [0.25, 0.3) is 0 Å². The molecule has 2 aliphatic heterocycles. The number of hydrogen-bond acceptors (Lipinski definition) is 6. The van der Waals surface area contributed by atoms with E-state index >= 15 is 0 Å². The molecule has 3 aromatic heterocycles. The van der Waals surface area contributed by atoms with Gasteiger partial charge in [0.1, 0.15) is 0 Å². The van der Waals surface area contributed by atoms with Gasteiger partial charge in [0, 0.05) is 30.4 Å². The number of carbonyl (C=O) groups is 1. The number of nitrogens with one attached hydrogen (secondary N) is 1. The Bertz CT molecular complexity index is 963. The van der Waals surface area contributed by atoms with E-state index in [1.165, 1.54) is 0 Å². The molecule has 8 nitrogen and oxygen atoms in total. The maximum atomic E-state index is 11.9. The molecule has 1 amide bonds. The lowest BCUT2D eigenvalue weighted by Crippen LogP contribution is -2.44. The van der Waals surface area contributed by atoms with Crippen molar-refractivity contribution < 1.29 is 4.79 Å². The van der Waals surface area contributed by atoms with Crippen LogP contribution in [0.25, 0.3) is 16.9 Å². The second kappa shape index (κ2) is 6.70. The quantitative estimate of drug-likeness (QED) is 0.754. The molecule has 1 atom stereocenters. The molecule has 2 aliphatic rings. The Labute approximate surface area is 156 Å². The molecule has 1 unspecified atom stereocenters. The first kappa shape index (κ1) is 16.3. The first-order valence-corrected chi connectivity index (χ1v) is 9.44. The van der Waals surface area contributed by atoms with E-state index in [4.69, 9.17) is 5.10 Å². The zero-order valence-corrected chi connectivity index (χ0v) is 15.0. The molecule has 0 radical (unpaired) electrons. The van der Waals surface area contributed by atoms with Crippen molar-refractivity contribution in [2.75, 3.05) is 19.6 Å². The maximum Gasteiger partial charge on any atom is 0.237 e. The Hall–Kier alpha value is -2.87. The van der Waals surface area contributed by atoms with Crippen LogP contribution in [-0.4, -0.2) is 61.3 Å². The Morgan fingerprint density at radius 1 is 1.07 bits per heavy atom. The number of rotatable bonds is 3. The van der Waals surface area contributed by atoms with Crippen molar-refractivity contribution in [1.82, 2.24) is 35.0 Å². The van der Waals surface area contributed by atoms with Crippen LogP contribution in [0.5, 0.6) is 0 Å². The summed E-state index contributed by atoms with van der Waals surface area (Å²) in [5, 5.41) is 16.4. The number of amides is 1. The van der Waals surface area contributed by atoms with Gasteiger partial charge in [0.2, 0.25) is 5.91 Å². The topological polar surface area (TPSA) is 88.3 Å². The van der Waals surface area contributed by atoms with E-state index in [1.807, 2.05) is 35.0 Å². The number of nitrogens with zero attached hydrogens (tertiary/aromatic N) is 6. The molecule has 2 saturated heterocycles. The number of likely N-dealkylation sites (tertiary alicyclic amines) is 1. The van der Waals surface area contributed by atoms with Crippen LogP contribution in [0, 0.1) is 0 Å². The summed E-state index contributed by atoms with van der Waals surface area (Å²) in [7, 11) is 0. The minimum Gasteiger partial charge on any atom is -0.355 e. The average molecular weight is 363 g/mol. The molecule has 0 saturated carbocycles. The summed E-state index contributed by atoms with van der Waals surface area (Å²) >= 11 is 0. The largest absolute Gasteiger partial charge is 0.355 e. The number of hydrogen-bond donors (Lipinski definition) is 1. The zero-order chi connectivity index (χ0) is 18.2. The number of piperidine rings is 1. The standard InChI is InChI=1S/C19H21N7O/c27-19-16(5-9-21-19)25-10-6-13(7-11-25)18-23-22-17-4-3-15(24-26(17)18)14-2-1-8-20-12-14/h1-4,8,12-13,16H,5-7,9-11H2,(H,21,27). The van der Waals surface area contributed by atoms with E-state index in [0.717, 1.165) is 61.6 Å². The van der Waals surface area contributed by atoms with E-state index in [1.54, 1.807) is 6.20 Å². The number of carbonyl (C=O) groups excluding carboxylic acids is 1. The van der Waals surface area contributed by atoms with Crippen LogP contribution in [-0.2, 0) is 4.79 Å². The van der Waals surface area contributed by atoms with Crippen LogP contribution < -0.4 is 5.32 Å². The van der Waals surface area contributed by atoms with Gasteiger partial charge in [-0.2, -0.15) is 9.61 Å². The van der Waals surface area contributed by atoms with Crippen molar-refractivity contribution in [3.05, 3.63) is 42.5 Å². The monoisotopic (exact) mass is 363 g/mol. The second-order valence-electron chi connectivity index (χ2n) is 7.19. The molecule has 5 rings (SSSR count). The third-order valence-corrected chi connectivity index (χ3v) is 5.60. The molecule has 27 heavy (non-hydrogen) atoms.